The molecule has 0 aliphatic heterocycles. The number of carboxylic acids is 2. The van der Waals surface area contributed by atoms with Crippen LogP contribution in [0.2, 0.25) is 0 Å². The number of amides is 3. The standard InChI is InChI=1S/C37H68N4O8/c1-2-26-49-27-25-38-33(43)29-40-35(37(47)48)41-36(46)31-23-21-30(22-24-31)28-39-32(42)19-17-15-13-11-9-7-5-3-4-6-8-10-12-14-16-18-20-34(44)45/h30-31,35,40H,2-29H2,1H3,(H,38,43)(H,39,42)(H,41,46)(H,44,45)(H,47,48). The second-order valence-electron chi connectivity index (χ2n) is 13.7. The van der Waals surface area contributed by atoms with Crippen LogP contribution in [-0.4, -0.2) is 78.9 Å². The summed E-state index contributed by atoms with van der Waals surface area (Å²) in [6.45, 7) is 3.70. The van der Waals surface area contributed by atoms with E-state index in [1.165, 1.54) is 70.6 Å². The molecule has 0 aromatic heterocycles. The highest BCUT2D eigenvalue weighted by Crippen LogP contribution is 2.28. The summed E-state index contributed by atoms with van der Waals surface area (Å²) in [5.74, 6) is -2.53. The number of ether oxygens (including phenoxy) is 1. The van der Waals surface area contributed by atoms with Gasteiger partial charge in [-0.1, -0.05) is 96.8 Å². The second kappa shape index (κ2) is 30.1. The number of nitrogens with one attached hydrogen (secondary N) is 4. The molecule has 0 radical (unpaired) electrons. The van der Waals surface area contributed by atoms with Crippen molar-refractivity contribution in [2.75, 3.05) is 32.8 Å². The number of hydrogen-bond donors (Lipinski definition) is 6. The molecule has 12 heteroatoms. The molecule has 284 valence electrons. The quantitative estimate of drug-likeness (QED) is 0.0381. The molecular weight excluding hydrogens is 628 g/mol. The van der Waals surface area contributed by atoms with Crippen molar-refractivity contribution in [2.45, 2.75) is 161 Å². The Morgan fingerprint density at radius 2 is 1.16 bits per heavy atom. The Bertz CT molecular complexity index is 911. The van der Waals surface area contributed by atoms with E-state index in [4.69, 9.17) is 9.84 Å². The van der Waals surface area contributed by atoms with E-state index >= 15 is 0 Å². The zero-order chi connectivity index (χ0) is 36.0. The molecule has 1 saturated carbocycles. The Morgan fingerprint density at radius 1 is 0.653 bits per heavy atom. The van der Waals surface area contributed by atoms with Gasteiger partial charge in [0.25, 0.3) is 0 Å². The van der Waals surface area contributed by atoms with Crippen molar-refractivity contribution >= 4 is 29.7 Å². The minimum absolute atomic E-state index is 0.0888. The summed E-state index contributed by atoms with van der Waals surface area (Å²) in [4.78, 5) is 59.2. The van der Waals surface area contributed by atoms with Crippen molar-refractivity contribution in [1.29, 1.82) is 0 Å². The fourth-order valence-electron chi connectivity index (χ4n) is 6.24. The first kappa shape index (κ1) is 44.3. The number of carboxylic acid groups (broad SMARTS) is 2. The highest BCUT2D eigenvalue weighted by Gasteiger charge is 2.29. The van der Waals surface area contributed by atoms with Gasteiger partial charge in [-0.2, -0.15) is 0 Å². The number of aliphatic carboxylic acids is 2. The van der Waals surface area contributed by atoms with Crippen molar-refractivity contribution in [3.63, 3.8) is 0 Å². The van der Waals surface area contributed by atoms with Crippen LogP contribution < -0.4 is 21.3 Å². The molecule has 1 atom stereocenters. The van der Waals surface area contributed by atoms with Crippen LogP contribution in [0.1, 0.15) is 155 Å². The topological polar surface area (TPSA) is 183 Å². The molecule has 6 N–H and O–H groups in total. The summed E-state index contributed by atoms with van der Waals surface area (Å²) < 4.78 is 5.29. The van der Waals surface area contributed by atoms with E-state index in [0.29, 0.717) is 57.9 Å². The molecule has 12 nitrogen and oxygen atoms in total. The van der Waals surface area contributed by atoms with E-state index in [-0.39, 0.29) is 30.2 Å². The Kier molecular flexibility index (Phi) is 27.2. The summed E-state index contributed by atoms with van der Waals surface area (Å²) in [5.41, 5.74) is 0. The number of rotatable bonds is 32. The first-order valence-corrected chi connectivity index (χ1v) is 19.3. The maximum absolute atomic E-state index is 12.7. The Morgan fingerprint density at radius 3 is 1.65 bits per heavy atom. The number of carbonyl (C=O) groups is 5. The normalized spacial score (nSPS) is 16.5. The van der Waals surface area contributed by atoms with Gasteiger partial charge in [0.15, 0.2) is 6.17 Å². The maximum atomic E-state index is 12.7. The average molecular weight is 697 g/mol. The minimum atomic E-state index is -1.35. The van der Waals surface area contributed by atoms with Gasteiger partial charge < -0.3 is 30.9 Å². The van der Waals surface area contributed by atoms with Gasteiger partial charge in [0.2, 0.25) is 17.7 Å². The van der Waals surface area contributed by atoms with Crippen molar-refractivity contribution in [1.82, 2.24) is 21.3 Å². The van der Waals surface area contributed by atoms with Crippen LogP contribution >= 0.6 is 0 Å². The fraction of sp³-hybridized carbons (Fsp3) is 0.865. The van der Waals surface area contributed by atoms with E-state index in [0.717, 1.165) is 51.4 Å². The summed E-state index contributed by atoms with van der Waals surface area (Å²) >= 11 is 0. The molecule has 3 amide bonds. The lowest BCUT2D eigenvalue weighted by molar-refractivity contribution is -0.144. The third-order valence-corrected chi connectivity index (χ3v) is 9.27. The Balaban J connectivity index is 1.99. The van der Waals surface area contributed by atoms with Crippen LogP contribution in [0.25, 0.3) is 0 Å². The van der Waals surface area contributed by atoms with E-state index in [1.54, 1.807) is 0 Å². The largest absolute Gasteiger partial charge is 0.481 e. The molecule has 0 saturated heterocycles. The van der Waals surface area contributed by atoms with Gasteiger partial charge in [-0.3, -0.25) is 24.5 Å². The zero-order valence-corrected chi connectivity index (χ0v) is 30.4. The van der Waals surface area contributed by atoms with Crippen LogP contribution in [0.5, 0.6) is 0 Å². The molecular formula is C37H68N4O8. The lowest BCUT2D eigenvalue weighted by atomic mass is 9.81. The molecule has 1 fully saturated rings. The predicted octanol–water partition coefficient (Wildman–Crippen LogP) is 5.67. The molecule has 1 aliphatic rings. The van der Waals surface area contributed by atoms with E-state index in [9.17, 15) is 29.1 Å². The monoisotopic (exact) mass is 697 g/mol. The van der Waals surface area contributed by atoms with Gasteiger partial charge >= 0.3 is 11.9 Å². The SMILES string of the molecule is CCCOCCNC(=O)CNC(NC(=O)C1CCC(CNC(=O)CCCCCCCCCCCCCCCCCCC(=O)O)CC1)C(=O)O. The summed E-state index contributed by atoms with van der Waals surface area (Å²) in [5, 5.41) is 29.0. The zero-order valence-electron chi connectivity index (χ0n) is 30.4. The van der Waals surface area contributed by atoms with Gasteiger partial charge in [0.05, 0.1) is 13.2 Å². The van der Waals surface area contributed by atoms with E-state index in [1.807, 2.05) is 6.92 Å². The molecule has 1 aliphatic carbocycles. The number of unbranched alkanes of at least 4 members (excludes halogenated alkanes) is 15. The van der Waals surface area contributed by atoms with Crippen molar-refractivity contribution in [2.24, 2.45) is 11.8 Å². The smallest absolute Gasteiger partial charge is 0.341 e. The van der Waals surface area contributed by atoms with E-state index < -0.39 is 18.1 Å². The predicted molar refractivity (Wildman–Crippen MR) is 191 cm³/mol. The highest BCUT2D eigenvalue weighted by atomic mass is 16.5. The summed E-state index contributed by atoms with van der Waals surface area (Å²) in [6.07, 6.45) is 22.2. The van der Waals surface area contributed by atoms with Gasteiger partial charge in [-0.05, 0) is 50.9 Å². The summed E-state index contributed by atoms with van der Waals surface area (Å²) in [7, 11) is 0. The average Bonchev–Trinajstić information content (AvgIpc) is 3.08. The van der Waals surface area contributed by atoms with Crippen LogP contribution in [0.4, 0.5) is 0 Å². The van der Waals surface area contributed by atoms with Crippen molar-refractivity contribution < 1.29 is 38.9 Å². The van der Waals surface area contributed by atoms with Crippen LogP contribution in [-0.2, 0) is 28.7 Å². The molecule has 0 bridgehead atoms. The Labute approximate surface area is 295 Å². The first-order valence-electron chi connectivity index (χ1n) is 19.3. The van der Waals surface area contributed by atoms with Gasteiger partial charge in [0.1, 0.15) is 0 Å². The van der Waals surface area contributed by atoms with Gasteiger partial charge in [-0.15, -0.1) is 0 Å². The first-order chi connectivity index (χ1) is 23.7. The minimum Gasteiger partial charge on any atom is -0.481 e. The van der Waals surface area contributed by atoms with Gasteiger partial charge in [-0.25, -0.2) is 4.79 Å². The molecule has 0 spiro atoms. The molecule has 1 rings (SSSR count). The fourth-order valence-corrected chi connectivity index (χ4v) is 6.24. The van der Waals surface area contributed by atoms with Crippen molar-refractivity contribution in [3.8, 4) is 0 Å². The number of carbonyl (C=O) groups excluding carboxylic acids is 3. The number of hydrogen-bond acceptors (Lipinski definition) is 7. The maximum Gasteiger partial charge on any atom is 0.341 e. The molecule has 49 heavy (non-hydrogen) atoms. The van der Waals surface area contributed by atoms with Crippen molar-refractivity contribution in [3.05, 3.63) is 0 Å². The van der Waals surface area contributed by atoms with Gasteiger partial charge in [0, 0.05) is 38.5 Å². The highest BCUT2D eigenvalue weighted by molar-refractivity contribution is 5.85. The molecule has 0 aromatic carbocycles. The lowest BCUT2D eigenvalue weighted by Crippen LogP contribution is -2.54. The Hall–Kier alpha value is -2.73. The third kappa shape index (κ3) is 25.8. The van der Waals surface area contributed by atoms with Crippen LogP contribution in [0, 0.1) is 11.8 Å². The summed E-state index contributed by atoms with van der Waals surface area (Å²) in [6, 6.07) is 0. The lowest BCUT2D eigenvalue weighted by Gasteiger charge is -2.29. The molecule has 0 aromatic rings. The molecule has 0 heterocycles. The van der Waals surface area contributed by atoms with E-state index in [2.05, 4.69) is 21.3 Å². The molecule has 1 unspecified atom stereocenters. The van der Waals surface area contributed by atoms with Crippen LogP contribution in [0.3, 0.4) is 0 Å². The third-order valence-electron chi connectivity index (χ3n) is 9.27. The van der Waals surface area contributed by atoms with Crippen LogP contribution in [0.15, 0.2) is 0 Å². The second-order valence-corrected chi connectivity index (χ2v) is 13.7.